The molecule has 1 aromatic carbocycles. The smallest absolute Gasteiger partial charge is 0.274 e. The summed E-state index contributed by atoms with van der Waals surface area (Å²) in [5.74, 6) is -5.81. The number of aromatic nitrogens is 1. The molecule has 2 amide bonds. The summed E-state index contributed by atoms with van der Waals surface area (Å²) in [7, 11) is 0. The van der Waals surface area contributed by atoms with E-state index in [9.17, 15) is 32.7 Å². The average Bonchev–Trinajstić information content (AvgIpc) is 3.21. The predicted molar refractivity (Wildman–Crippen MR) is 129 cm³/mol. The van der Waals surface area contributed by atoms with Crippen LogP contribution in [0.25, 0.3) is 0 Å². The number of carbonyl (C=O) groups excluding carboxylic acids is 2. The Morgan fingerprint density at radius 3 is 2.72 bits per heavy atom. The first-order chi connectivity index (χ1) is 18.6. The molecule has 13 heteroatoms. The van der Waals surface area contributed by atoms with Gasteiger partial charge in [0.1, 0.15) is 23.0 Å². The molecule has 6 rings (SSSR count). The molecule has 1 spiro atoms. The first-order valence-corrected chi connectivity index (χ1v) is 12.7. The largest absolute Gasteiger partial charge is 0.503 e. The van der Waals surface area contributed by atoms with E-state index in [1.807, 2.05) is 6.92 Å². The lowest BCUT2D eigenvalue weighted by molar-refractivity contribution is -0.0931. The molecule has 4 aliphatic heterocycles. The summed E-state index contributed by atoms with van der Waals surface area (Å²) in [5, 5.41) is 17.4. The van der Waals surface area contributed by atoms with E-state index in [0.29, 0.717) is 37.5 Å². The van der Waals surface area contributed by atoms with Gasteiger partial charge in [0.2, 0.25) is 11.3 Å². The Morgan fingerprint density at radius 1 is 1.23 bits per heavy atom. The first kappa shape index (κ1) is 25.3. The molecule has 4 aliphatic rings. The second-order valence-electron chi connectivity index (χ2n) is 10.4. The average molecular weight is 547 g/mol. The number of halogens is 3. The van der Waals surface area contributed by atoms with Gasteiger partial charge in [-0.05, 0) is 32.6 Å². The van der Waals surface area contributed by atoms with Gasteiger partial charge < -0.3 is 29.5 Å². The van der Waals surface area contributed by atoms with Crippen molar-refractivity contribution >= 4 is 17.7 Å². The van der Waals surface area contributed by atoms with Crippen LogP contribution in [0.5, 0.6) is 5.75 Å². The Labute approximate surface area is 220 Å². The van der Waals surface area contributed by atoms with Crippen LogP contribution in [0.3, 0.4) is 0 Å². The van der Waals surface area contributed by atoms with E-state index in [4.69, 9.17) is 9.57 Å². The molecule has 2 aromatic rings. The number of fused-ring (bicyclic) bond motifs is 7. The summed E-state index contributed by atoms with van der Waals surface area (Å²) in [6.45, 7) is 1.88. The summed E-state index contributed by atoms with van der Waals surface area (Å²) in [4.78, 5) is 47.2. The highest BCUT2D eigenvalue weighted by Gasteiger charge is 2.60. The third-order valence-corrected chi connectivity index (χ3v) is 8.28. The van der Waals surface area contributed by atoms with Gasteiger partial charge in [0.25, 0.3) is 11.8 Å². The Bertz CT molecular complexity index is 1470. The fourth-order valence-electron chi connectivity index (χ4n) is 6.20. The van der Waals surface area contributed by atoms with Gasteiger partial charge in [-0.25, -0.2) is 13.2 Å². The van der Waals surface area contributed by atoms with Gasteiger partial charge in [-0.15, -0.1) is 0 Å². The second-order valence-corrected chi connectivity index (χ2v) is 10.4. The lowest BCUT2D eigenvalue weighted by Gasteiger charge is -2.44. The SMILES string of the molecule is C[C@H]1CC[C@@]2(ON=C3OCCC[C@@H]32)[C@H]2CN1C(=O)c1c(O)c(=O)c(C(=O)NCc3c(F)cc(F)cc3F)cn12. The van der Waals surface area contributed by atoms with Gasteiger partial charge >= 0.3 is 0 Å². The number of ether oxygens (including phenoxy) is 1. The minimum Gasteiger partial charge on any atom is -0.503 e. The van der Waals surface area contributed by atoms with Crippen molar-refractivity contribution in [3.63, 3.8) is 0 Å². The molecule has 2 bridgehead atoms. The molecule has 4 atom stereocenters. The summed E-state index contributed by atoms with van der Waals surface area (Å²) >= 11 is 0. The van der Waals surface area contributed by atoms with Crippen molar-refractivity contribution in [2.75, 3.05) is 13.2 Å². The minimum absolute atomic E-state index is 0.182. The van der Waals surface area contributed by atoms with E-state index in [1.165, 1.54) is 10.8 Å². The number of aromatic hydroxyl groups is 1. The zero-order chi connectivity index (χ0) is 27.6. The molecule has 0 unspecified atom stereocenters. The zero-order valence-electron chi connectivity index (χ0n) is 20.9. The van der Waals surface area contributed by atoms with Gasteiger partial charge in [0, 0.05) is 43.0 Å². The molecule has 0 aliphatic carbocycles. The molecular weight excluding hydrogens is 521 g/mol. The fraction of sp³-hybridized carbons (Fsp3) is 0.462. The first-order valence-electron chi connectivity index (χ1n) is 12.7. The molecule has 2 fully saturated rings. The summed E-state index contributed by atoms with van der Waals surface area (Å²) in [6.07, 6.45) is 3.74. The topological polar surface area (TPSA) is 122 Å². The van der Waals surface area contributed by atoms with Crippen molar-refractivity contribution in [1.29, 1.82) is 0 Å². The number of oxime groups is 1. The van der Waals surface area contributed by atoms with Crippen LogP contribution < -0.4 is 10.7 Å². The monoisotopic (exact) mass is 546 g/mol. The van der Waals surface area contributed by atoms with Crippen LogP contribution >= 0.6 is 0 Å². The van der Waals surface area contributed by atoms with E-state index < -0.39 is 69.8 Å². The van der Waals surface area contributed by atoms with Gasteiger partial charge in [0.05, 0.1) is 18.6 Å². The molecule has 2 N–H and O–H groups in total. The Hall–Kier alpha value is -4.03. The quantitative estimate of drug-likeness (QED) is 0.611. The molecule has 0 radical (unpaired) electrons. The highest BCUT2D eigenvalue weighted by molar-refractivity contribution is 5.99. The van der Waals surface area contributed by atoms with Crippen LogP contribution in [0, 0.1) is 23.4 Å². The maximum atomic E-state index is 14.1. The van der Waals surface area contributed by atoms with E-state index >= 15 is 0 Å². The van der Waals surface area contributed by atoms with Crippen LogP contribution in [0.4, 0.5) is 13.2 Å². The highest BCUT2D eigenvalue weighted by atomic mass is 19.1. The number of nitrogens with zero attached hydrogens (tertiary/aromatic N) is 3. The van der Waals surface area contributed by atoms with Crippen molar-refractivity contribution in [3.05, 3.63) is 62.8 Å². The van der Waals surface area contributed by atoms with Crippen LogP contribution in [-0.2, 0) is 16.1 Å². The summed E-state index contributed by atoms with van der Waals surface area (Å²) in [5.41, 5.74) is -3.48. The third-order valence-electron chi connectivity index (χ3n) is 8.28. The van der Waals surface area contributed by atoms with Crippen molar-refractivity contribution in [2.24, 2.45) is 11.1 Å². The van der Waals surface area contributed by atoms with Crippen LogP contribution in [0.15, 0.2) is 28.3 Å². The highest BCUT2D eigenvalue weighted by Crippen LogP contribution is 2.51. The number of nitrogens with one attached hydrogen (secondary N) is 1. The maximum Gasteiger partial charge on any atom is 0.274 e. The summed E-state index contributed by atoms with van der Waals surface area (Å²) in [6, 6.07) is 0.0958. The van der Waals surface area contributed by atoms with E-state index in [0.717, 1.165) is 12.8 Å². The Balaban J connectivity index is 1.41. The second kappa shape index (κ2) is 9.02. The number of rotatable bonds is 3. The Morgan fingerprint density at radius 2 is 1.97 bits per heavy atom. The summed E-state index contributed by atoms with van der Waals surface area (Å²) < 4.78 is 48.5. The number of benzene rings is 1. The number of pyridine rings is 1. The molecule has 39 heavy (non-hydrogen) atoms. The fourth-order valence-corrected chi connectivity index (χ4v) is 6.20. The molecule has 1 aromatic heterocycles. The van der Waals surface area contributed by atoms with Crippen molar-refractivity contribution in [3.8, 4) is 5.75 Å². The van der Waals surface area contributed by atoms with E-state index in [2.05, 4.69) is 10.5 Å². The standard InChI is InChI=1S/C26H25F3N4O6/c1-12-4-5-26(16-3-2-6-38-24(16)31-39-26)19-11-32(12)25(37)20-22(35)21(34)15(10-33(19)20)23(36)30-9-14-17(28)7-13(27)8-18(14)29/h7-8,10,12,16,19,35H,2-6,9,11H2,1H3,(H,30,36)/t12-,16-,19+,26-/m0/s1. The number of hydrogen-bond donors (Lipinski definition) is 2. The minimum atomic E-state index is -1.21. The number of carbonyl (C=O) groups is 2. The van der Waals surface area contributed by atoms with Gasteiger partial charge in [0.15, 0.2) is 17.0 Å². The lowest BCUT2D eigenvalue weighted by Crippen LogP contribution is -2.55. The molecule has 10 nitrogen and oxygen atoms in total. The van der Waals surface area contributed by atoms with Gasteiger partial charge in [-0.1, -0.05) is 5.16 Å². The molecule has 5 heterocycles. The van der Waals surface area contributed by atoms with Crippen molar-refractivity contribution in [2.45, 2.75) is 56.8 Å². The molecular formula is C26H25F3N4O6. The molecule has 0 saturated carbocycles. The zero-order valence-corrected chi connectivity index (χ0v) is 20.9. The van der Waals surface area contributed by atoms with Crippen LogP contribution in [0.2, 0.25) is 0 Å². The van der Waals surface area contributed by atoms with Crippen LogP contribution in [0.1, 0.15) is 65.1 Å². The number of hydrogen-bond acceptors (Lipinski definition) is 7. The van der Waals surface area contributed by atoms with Gasteiger partial charge in [-0.3, -0.25) is 14.4 Å². The van der Waals surface area contributed by atoms with Crippen LogP contribution in [-0.4, -0.2) is 57.1 Å². The van der Waals surface area contributed by atoms with Gasteiger partial charge in [-0.2, -0.15) is 0 Å². The molecule has 2 saturated heterocycles. The normalized spacial score (nSPS) is 27.2. The predicted octanol–water partition coefficient (Wildman–Crippen LogP) is 2.59. The Kier molecular flexibility index (Phi) is 5.84. The third kappa shape index (κ3) is 3.77. The number of amides is 2. The van der Waals surface area contributed by atoms with E-state index in [1.54, 1.807) is 4.90 Å². The van der Waals surface area contributed by atoms with E-state index in [-0.39, 0.29) is 24.2 Å². The van der Waals surface area contributed by atoms with Crippen molar-refractivity contribution in [1.82, 2.24) is 14.8 Å². The maximum absolute atomic E-state index is 14.1. The molecule has 206 valence electrons. The van der Waals surface area contributed by atoms with Crippen molar-refractivity contribution < 1.29 is 37.4 Å². The lowest BCUT2D eigenvalue weighted by atomic mass is 9.74.